The summed E-state index contributed by atoms with van der Waals surface area (Å²) < 4.78 is 59.3. The van der Waals surface area contributed by atoms with Crippen LogP contribution in [0.25, 0.3) is 0 Å². The third-order valence-corrected chi connectivity index (χ3v) is 11.7. The Labute approximate surface area is 412 Å². The highest BCUT2D eigenvalue weighted by Gasteiger charge is 2.48. The van der Waals surface area contributed by atoms with Crippen LogP contribution in [0.1, 0.15) is 181 Å². The minimum atomic E-state index is -5.07. The highest BCUT2D eigenvalue weighted by molar-refractivity contribution is 7.80. The van der Waals surface area contributed by atoms with Crippen molar-refractivity contribution in [3.63, 3.8) is 0 Å². The second kappa shape index (κ2) is 45.2. The summed E-state index contributed by atoms with van der Waals surface area (Å²) >= 11 is 0. The van der Waals surface area contributed by atoms with Crippen LogP contribution in [0.15, 0.2) is 97.2 Å². The van der Waals surface area contributed by atoms with Gasteiger partial charge in [0, 0.05) is 13.0 Å². The van der Waals surface area contributed by atoms with E-state index < -0.39 is 59.8 Å². The standard InChI is InChI=1S/C55H92O12S/c1-3-5-7-9-11-13-15-17-19-21-23-24-25-26-27-28-30-32-34-36-38-40-42-44-51(57)65-49(48-64-55-53(59)54(67-68(60,61)62)52(58)50(46-56)66-55)47-63-45-43-41-39-37-35-33-31-29-22-20-18-16-14-12-10-8-6-4-2/h5-8,11-14,17-20,23-24,26-27,49-50,52-56,58-59H,3-4,9-10,15-16,21-22,25,28-48H2,1-2H3,(H,60,61,62)/b7-5-,8-6-,13-11-,14-12-,19-17-,20-18-,24-23-,27-26-. The van der Waals surface area contributed by atoms with Crippen molar-refractivity contribution < 1.29 is 56.2 Å². The first-order valence-electron chi connectivity index (χ1n) is 26.0. The number of hydrogen-bond donors (Lipinski definition) is 4. The quantitative estimate of drug-likeness (QED) is 0.0197. The molecule has 0 aromatic carbocycles. The number of hydrogen-bond acceptors (Lipinski definition) is 11. The SMILES string of the molecule is CC/C=C\C/C=C\C/C=C\C/C=C\C/C=C\CCCCCCCCCC(=O)OC(COCCCCCCCCCC/C=C\C/C=C\C/C=C\CC)COC1OC(CO)C(O)C(OS(=O)(=O)O)C1O. The summed E-state index contributed by atoms with van der Waals surface area (Å²) in [5, 5.41) is 30.8. The minimum Gasteiger partial charge on any atom is -0.457 e. The van der Waals surface area contributed by atoms with Gasteiger partial charge in [-0.15, -0.1) is 0 Å². The summed E-state index contributed by atoms with van der Waals surface area (Å²) in [5.41, 5.74) is 0. The van der Waals surface area contributed by atoms with E-state index in [0.717, 1.165) is 116 Å². The van der Waals surface area contributed by atoms with E-state index in [2.05, 4.69) is 115 Å². The molecule has 1 saturated heterocycles. The number of carbonyl (C=O) groups excluding carboxylic acids is 1. The topological polar surface area (TPSA) is 178 Å². The number of rotatable bonds is 44. The molecule has 0 bridgehead atoms. The first kappa shape index (κ1) is 63.0. The molecule has 6 atom stereocenters. The molecule has 68 heavy (non-hydrogen) atoms. The fourth-order valence-electron chi connectivity index (χ4n) is 7.36. The zero-order valence-electron chi connectivity index (χ0n) is 41.9. The molecule has 0 amide bonds. The van der Waals surface area contributed by atoms with Crippen LogP contribution in [-0.2, 0) is 38.3 Å². The van der Waals surface area contributed by atoms with Crippen LogP contribution in [-0.4, -0.2) is 97.5 Å². The van der Waals surface area contributed by atoms with Gasteiger partial charge in [0.25, 0.3) is 0 Å². The van der Waals surface area contributed by atoms with Crippen molar-refractivity contribution in [2.75, 3.05) is 26.4 Å². The summed E-state index contributed by atoms with van der Waals surface area (Å²) in [6.45, 7) is 3.73. The lowest BCUT2D eigenvalue weighted by molar-refractivity contribution is -0.301. The maximum absolute atomic E-state index is 12.9. The van der Waals surface area contributed by atoms with Crippen molar-refractivity contribution in [1.29, 1.82) is 0 Å². The number of aliphatic hydroxyl groups excluding tert-OH is 3. The number of aliphatic hydroxyl groups is 3. The van der Waals surface area contributed by atoms with Crippen LogP contribution in [0.5, 0.6) is 0 Å². The molecule has 1 heterocycles. The molecule has 1 rings (SSSR count). The first-order chi connectivity index (χ1) is 33.1. The largest absolute Gasteiger partial charge is 0.457 e. The number of allylic oxidation sites excluding steroid dienone is 16. The van der Waals surface area contributed by atoms with Gasteiger partial charge >= 0.3 is 16.4 Å². The average molecular weight is 977 g/mol. The van der Waals surface area contributed by atoms with E-state index in [0.29, 0.717) is 13.0 Å². The average Bonchev–Trinajstić information content (AvgIpc) is 3.31. The Bertz CT molecular complexity index is 1550. The second-order valence-electron chi connectivity index (χ2n) is 17.3. The van der Waals surface area contributed by atoms with Crippen molar-refractivity contribution in [2.45, 2.75) is 218 Å². The maximum Gasteiger partial charge on any atom is 0.397 e. The highest BCUT2D eigenvalue weighted by atomic mass is 32.3. The first-order valence-corrected chi connectivity index (χ1v) is 27.4. The fraction of sp³-hybridized carbons (Fsp3) is 0.691. The van der Waals surface area contributed by atoms with Gasteiger partial charge < -0.3 is 34.3 Å². The summed E-state index contributed by atoms with van der Waals surface area (Å²) in [5.74, 6) is -0.417. The second-order valence-corrected chi connectivity index (χ2v) is 18.4. The van der Waals surface area contributed by atoms with Gasteiger partial charge in [-0.25, -0.2) is 4.18 Å². The Morgan fingerprint density at radius 3 is 1.41 bits per heavy atom. The molecule has 6 unspecified atom stereocenters. The summed E-state index contributed by atoms with van der Waals surface area (Å²) in [6.07, 6.45) is 52.9. The fourth-order valence-corrected chi connectivity index (χ4v) is 7.87. The monoisotopic (exact) mass is 977 g/mol. The molecule has 0 spiro atoms. The Balaban J connectivity index is 2.37. The predicted octanol–water partition coefficient (Wildman–Crippen LogP) is 12.2. The lowest BCUT2D eigenvalue weighted by Gasteiger charge is -2.41. The van der Waals surface area contributed by atoms with Crippen LogP contribution in [0, 0.1) is 0 Å². The van der Waals surface area contributed by atoms with Crippen LogP contribution in [0.4, 0.5) is 0 Å². The van der Waals surface area contributed by atoms with Crippen LogP contribution in [0.3, 0.4) is 0 Å². The number of esters is 1. The Hall–Kier alpha value is -2.98. The van der Waals surface area contributed by atoms with E-state index in [1.807, 2.05) is 0 Å². The van der Waals surface area contributed by atoms with Gasteiger partial charge in [-0.05, 0) is 89.9 Å². The molecule has 0 aromatic rings. The molecule has 1 aliphatic rings. The summed E-state index contributed by atoms with van der Waals surface area (Å²) in [6, 6.07) is 0. The van der Waals surface area contributed by atoms with Gasteiger partial charge in [-0.3, -0.25) is 9.35 Å². The van der Waals surface area contributed by atoms with E-state index in [-0.39, 0.29) is 19.6 Å². The third-order valence-electron chi connectivity index (χ3n) is 11.2. The number of ether oxygens (including phenoxy) is 4. The van der Waals surface area contributed by atoms with Crippen molar-refractivity contribution in [2.24, 2.45) is 0 Å². The maximum atomic E-state index is 12.9. The van der Waals surface area contributed by atoms with Gasteiger partial charge in [-0.1, -0.05) is 182 Å². The predicted molar refractivity (Wildman–Crippen MR) is 275 cm³/mol. The Kier molecular flexibility index (Phi) is 41.9. The minimum absolute atomic E-state index is 0.0201. The number of carbonyl (C=O) groups is 1. The van der Waals surface area contributed by atoms with E-state index in [1.54, 1.807) is 0 Å². The Morgan fingerprint density at radius 2 is 0.971 bits per heavy atom. The molecular formula is C55H92O12S. The van der Waals surface area contributed by atoms with Crippen molar-refractivity contribution in [1.82, 2.24) is 0 Å². The summed E-state index contributed by atoms with van der Waals surface area (Å²) in [7, 11) is -5.07. The summed E-state index contributed by atoms with van der Waals surface area (Å²) in [4.78, 5) is 12.9. The van der Waals surface area contributed by atoms with Gasteiger partial charge in [0.15, 0.2) is 6.29 Å². The third kappa shape index (κ3) is 37.9. The molecule has 12 nitrogen and oxygen atoms in total. The lowest BCUT2D eigenvalue weighted by Crippen LogP contribution is -2.60. The highest BCUT2D eigenvalue weighted by Crippen LogP contribution is 2.26. The van der Waals surface area contributed by atoms with Crippen LogP contribution >= 0.6 is 0 Å². The molecule has 0 aliphatic carbocycles. The van der Waals surface area contributed by atoms with E-state index in [4.69, 9.17) is 18.9 Å². The van der Waals surface area contributed by atoms with Crippen LogP contribution in [0.2, 0.25) is 0 Å². The van der Waals surface area contributed by atoms with E-state index >= 15 is 0 Å². The molecule has 390 valence electrons. The Morgan fingerprint density at radius 1 is 0.559 bits per heavy atom. The molecule has 0 radical (unpaired) electrons. The molecule has 4 N–H and O–H groups in total. The normalized spacial score (nSPS) is 20.1. The zero-order valence-corrected chi connectivity index (χ0v) is 42.7. The lowest BCUT2D eigenvalue weighted by atomic mass is 9.99. The molecule has 0 saturated carbocycles. The molecule has 13 heteroatoms. The van der Waals surface area contributed by atoms with E-state index in [9.17, 15) is 33.1 Å². The van der Waals surface area contributed by atoms with Crippen LogP contribution < -0.4 is 0 Å². The van der Waals surface area contributed by atoms with Gasteiger partial charge in [0.05, 0.1) is 19.8 Å². The number of unbranched alkanes of at least 4 members (excludes halogenated alkanes) is 15. The molecule has 1 fully saturated rings. The van der Waals surface area contributed by atoms with Gasteiger partial charge in [0.2, 0.25) is 0 Å². The van der Waals surface area contributed by atoms with Crippen molar-refractivity contribution >= 4 is 16.4 Å². The zero-order chi connectivity index (χ0) is 49.6. The smallest absolute Gasteiger partial charge is 0.397 e. The van der Waals surface area contributed by atoms with Gasteiger partial charge in [-0.2, -0.15) is 8.42 Å². The van der Waals surface area contributed by atoms with E-state index in [1.165, 1.54) is 38.5 Å². The molecule has 1 aliphatic heterocycles. The van der Waals surface area contributed by atoms with Gasteiger partial charge in [0.1, 0.15) is 30.5 Å². The van der Waals surface area contributed by atoms with Crippen molar-refractivity contribution in [3.8, 4) is 0 Å². The van der Waals surface area contributed by atoms with Crippen molar-refractivity contribution in [3.05, 3.63) is 97.2 Å². The molecule has 0 aromatic heterocycles. The molecular weight excluding hydrogens is 885 g/mol.